The van der Waals surface area contributed by atoms with Gasteiger partial charge in [0.05, 0.1) is 12.8 Å². The maximum atomic E-state index is 12.3. The molecule has 3 rings (SSSR count). The van der Waals surface area contributed by atoms with Crippen molar-refractivity contribution in [3.05, 3.63) is 54.1 Å². The molecule has 0 radical (unpaired) electrons. The molecule has 24 heavy (non-hydrogen) atoms. The molecular weight excluding hydrogens is 330 g/mol. The fourth-order valence-corrected chi connectivity index (χ4v) is 3.44. The van der Waals surface area contributed by atoms with E-state index in [0.29, 0.717) is 11.4 Å². The van der Waals surface area contributed by atoms with Crippen LogP contribution in [0.25, 0.3) is 0 Å². The molecule has 0 saturated carbocycles. The summed E-state index contributed by atoms with van der Waals surface area (Å²) in [6.45, 7) is 0.186. The number of rotatable bonds is 4. The Morgan fingerprint density at radius 1 is 1.17 bits per heavy atom. The van der Waals surface area contributed by atoms with E-state index in [9.17, 15) is 13.2 Å². The number of para-hydroxylation sites is 2. The second-order valence-corrected chi connectivity index (χ2v) is 6.60. The summed E-state index contributed by atoms with van der Waals surface area (Å²) in [7, 11) is -2.35. The number of nitrogens with one attached hydrogen (secondary N) is 2. The predicted octanol–water partition coefficient (Wildman–Crippen LogP) is 1.52. The quantitative estimate of drug-likeness (QED) is 0.876. The summed E-state index contributed by atoms with van der Waals surface area (Å²) in [6, 6.07) is 13.5. The molecule has 2 N–H and O–H groups in total. The maximum absolute atomic E-state index is 12.3. The van der Waals surface area contributed by atoms with Crippen LogP contribution in [0.3, 0.4) is 0 Å². The number of amides is 1. The summed E-state index contributed by atoms with van der Waals surface area (Å²) in [4.78, 5) is 12.3. The first-order chi connectivity index (χ1) is 11.5. The number of amidine groups is 1. The summed E-state index contributed by atoms with van der Waals surface area (Å²) in [5, 5.41) is 5.38. The van der Waals surface area contributed by atoms with E-state index in [1.807, 2.05) is 12.1 Å². The number of anilines is 1. The van der Waals surface area contributed by atoms with E-state index in [2.05, 4.69) is 15.0 Å². The smallest absolute Gasteiger partial charge is 0.288 e. The molecule has 0 aliphatic carbocycles. The number of sulfonamides is 1. The zero-order chi connectivity index (χ0) is 17.2. The normalized spacial score (nSPS) is 14.8. The number of carbonyl (C=O) groups is 1. The summed E-state index contributed by atoms with van der Waals surface area (Å²) >= 11 is 0. The highest BCUT2D eigenvalue weighted by atomic mass is 32.2. The van der Waals surface area contributed by atoms with Gasteiger partial charge in [0.1, 0.15) is 10.6 Å². The number of nitrogens with zero attached hydrogens (tertiary/aromatic N) is 1. The van der Waals surface area contributed by atoms with Crippen LogP contribution in [-0.4, -0.2) is 27.3 Å². The van der Waals surface area contributed by atoms with Gasteiger partial charge in [-0.25, -0.2) is 0 Å². The molecule has 0 bridgehead atoms. The van der Waals surface area contributed by atoms with E-state index < -0.39 is 15.9 Å². The third-order valence-corrected chi connectivity index (χ3v) is 4.81. The Hall–Kier alpha value is -2.87. The first-order valence-corrected chi connectivity index (χ1v) is 8.56. The average Bonchev–Trinajstić information content (AvgIpc) is 2.59. The van der Waals surface area contributed by atoms with Gasteiger partial charge in [-0.3, -0.25) is 4.79 Å². The van der Waals surface area contributed by atoms with Crippen molar-refractivity contribution < 1.29 is 17.9 Å². The van der Waals surface area contributed by atoms with Gasteiger partial charge in [-0.2, -0.15) is 8.42 Å². The Morgan fingerprint density at radius 2 is 1.88 bits per heavy atom. The fraction of sp³-hybridized carbons (Fsp3) is 0.125. The Balaban J connectivity index is 1.78. The van der Waals surface area contributed by atoms with E-state index in [-0.39, 0.29) is 17.3 Å². The van der Waals surface area contributed by atoms with E-state index >= 15 is 0 Å². The summed E-state index contributed by atoms with van der Waals surface area (Å²) in [6.07, 6.45) is 0. The van der Waals surface area contributed by atoms with Crippen LogP contribution in [-0.2, 0) is 21.4 Å². The van der Waals surface area contributed by atoms with Crippen LogP contribution in [0, 0.1) is 0 Å². The Kier molecular flexibility index (Phi) is 4.22. The van der Waals surface area contributed by atoms with Crippen LogP contribution in [0.2, 0.25) is 0 Å². The van der Waals surface area contributed by atoms with Gasteiger partial charge in [0, 0.05) is 12.1 Å². The molecule has 0 fully saturated rings. The van der Waals surface area contributed by atoms with Gasteiger partial charge >= 0.3 is 0 Å². The van der Waals surface area contributed by atoms with Crippen molar-refractivity contribution in [2.24, 2.45) is 4.40 Å². The lowest BCUT2D eigenvalue weighted by molar-refractivity contribution is -0.114. The lowest BCUT2D eigenvalue weighted by atomic mass is 10.2. The molecule has 2 aromatic rings. The summed E-state index contributed by atoms with van der Waals surface area (Å²) < 4.78 is 33.0. The monoisotopic (exact) mass is 345 g/mol. The number of methoxy groups -OCH3 is 1. The van der Waals surface area contributed by atoms with Crippen molar-refractivity contribution in [3.63, 3.8) is 0 Å². The molecule has 1 amide bonds. The van der Waals surface area contributed by atoms with Crippen LogP contribution in [0.15, 0.2) is 57.8 Å². The second-order valence-electron chi connectivity index (χ2n) is 5.03. The SMILES string of the molecule is COc1ccccc1CNC(=O)C1=NS(=O)(=O)c2ccccc2N1. The lowest BCUT2D eigenvalue weighted by Gasteiger charge is -2.17. The standard InChI is InChI=1S/C16H15N3O4S/c1-23-13-8-4-2-6-11(13)10-17-16(20)15-18-12-7-3-5-9-14(12)24(21,22)19-15/h2-9H,10H2,1H3,(H,17,20)(H,18,19). The molecule has 1 aliphatic heterocycles. The van der Waals surface area contributed by atoms with Crippen LogP contribution in [0.4, 0.5) is 5.69 Å². The molecule has 7 nitrogen and oxygen atoms in total. The van der Waals surface area contributed by atoms with E-state index in [1.165, 1.54) is 13.2 Å². The van der Waals surface area contributed by atoms with Gasteiger partial charge in [0.2, 0.25) is 5.84 Å². The van der Waals surface area contributed by atoms with Gasteiger partial charge in [-0.05, 0) is 18.2 Å². The summed E-state index contributed by atoms with van der Waals surface area (Å²) in [5.41, 5.74) is 1.10. The van der Waals surface area contributed by atoms with Crippen molar-refractivity contribution in [3.8, 4) is 5.75 Å². The highest BCUT2D eigenvalue weighted by molar-refractivity contribution is 7.90. The molecule has 0 saturated heterocycles. The van der Waals surface area contributed by atoms with E-state index in [0.717, 1.165) is 5.56 Å². The van der Waals surface area contributed by atoms with Gasteiger partial charge in [0.15, 0.2) is 0 Å². The van der Waals surface area contributed by atoms with E-state index in [1.54, 1.807) is 30.3 Å². The highest BCUT2D eigenvalue weighted by Crippen LogP contribution is 2.26. The highest BCUT2D eigenvalue weighted by Gasteiger charge is 2.27. The lowest BCUT2D eigenvalue weighted by Crippen LogP contribution is -2.37. The molecule has 0 aromatic heterocycles. The van der Waals surface area contributed by atoms with Crippen molar-refractivity contribution in [2.45, 2.75) is 11.4 Å². The Bertz CT molecular complexity index is 922. The number of benzene rings is 2. The van der Waals surface area contributed by atoms with Crippen molar-refractivity contribution in [1.82, 2.24) is 5.32 Å². The third kappa shape index (κ3) is 3.09. The zero-order valence-corrected chi connectivity index (χ0v) is 13.6. The average molecular weight is 345 g/mol. The maximum Gasteiger partial charge on any atom is 0.288 e. The van der Waals surface area contributed by atoms with Crippen molar-refractivity contribution in [1.29, 1.82) is 0 Å². The second kappa shape index (κ2) is 6.32. The molecule has 1 heterocycles. The van der Waals surface area contributed by atoms with Crippen LogP contribution in [0.1, 0.15) is 5.56 Å². The molecule has 0 unspecified atom stereocenters. The van der Waals surface area contributed by atoms with Gasteiger partial charge in [0.25, 0.3) is 15.9 Å². The molecule has 1 aliphatic rings. The molecule has 2 aromatic carbocycles. The number of ether oxygens (including phenoxy) is 1. The predicted molar refractivity (Wildman–Crippen MR) is 89.5 cm³/mol. The van der Waals surface area contributed by atoms with E-state index in [4.69, 9.17) is 4.74 Å². The first-order valence-electron chi connectivity index (χ1n) is 7.12. The topological polar surface area (TPSA) is 96.9 Å². The largest absolute Gasteiger partial charge is 0.496 e. The molecule has 0 spiro atoms. The van der Waals surface area contributed by atoms with Crippen LogP contribution >= 0.6 is 0 Å². The zero-order valence-electron chi connectivity index (χ0n) is 12.8. The van der Waals surface area contributed by atoms with Crippen molar-refractivity contribution >= 4 is 27.5 Å². The van der Waals surface area contributed by atoms with Crippen LogP contribution < -0.4 is 15.4 Å². The minimum absolute atomic E-state index is 0.0475. The molecule has 0 atom stereocenters. The fourth-order valence-electron chi connectivity index (χ4n) is 2.32. The van der Waals surface area contributed by atoms with Gasteiger partial charge < -0.3 is 15.4 Å². The minimum atomic E-state index is -3.89. The summed E-state index contributed by atoms with van der Waals surface area (Å²) in [5.74, 6) is -0.239. The number of hydrogen-bond acceptors (Lipinski definition) is 5. The van der Waals surface area contributed by atoms with Gasteiger partial charge in [-0.15, -0.1) is 4.40 Å². The third-order valence-electron chi connectivity index (χ3n) is 3.48. The number of carbonyl (C=O) groups excluding carboxylic acids is 1. The minimum Gasteiger partial charge on any atom is -0.496 e. The molecular formula is C16H15N3O4S. The molecule has 124 valence electrons. The van der Waals surface area contributed by atoms with Crippen molar-refractivity contribution in [2.75, 3.05) is 12.4 Å². The van der Waals surface area contributed by atoms with Gasteiger partial charge in [-0.1, -0.05) is 30.3 Å². The number of hydrogen-bond donors (Lipinski definition) is 2. The number of fused-ring (bicyclic) bond motifs is 1. The Labute approximate surface area is 139 Å². The first kappa shape index (κ1) is 16.0. The Morgan fingerprint density at radius 3 is 2.67 bits per heavy atom. The molecule has 8 heteroatoms. The van der Waals surface area contributed by atoms with Crippen LogP contribution in [0.5, 0.6) is 5.75 Å².